The van der Waals surface area contributed by atoms with Crippen molar-refractivity contribution in [3.63, 3.8) is 0 Å². The highest BCUT2D eigenvalue weighted by atomic mass is 32.2. The van der Waals surface area contributed by atoms with Crippen molar-refractivity contribution in [2.24, 2.45) is 0 Å². The van der Waals surface area contributed by atoms with Gasteiger partial charge in [-0.1, -0.05) is 29.8 Å². The minimum Gasteiger partial charge on any atom is -0.479 e. The number of rotatable bonds is 5. The molecular formula is C30H36N2O5S. The second-order valence-corrected chi connectivity index (χ2v) is 13.2. The maximum Gasteiger partial charge on any atom is 0.337 e. The van der Waals surface area contributed by atoms with E-state index in [9.17, 15) is 18.3 Å². The van der Waals surface area contributed by atoms with Crippen LogP contribution < -0.4 is 4.31 Å². The molecule has 38 heavy (non-hydrogen) atoms. The van der Waals surface area contributed by atoms with Gasteiger partial charge in [0.15, 0.2) is 6.10 Å². The van der Waals surface area contributed by atoms with Crippen LogP contribution in [0.15, 0.2) is 30.5 Å². The molecule has 0 radical (unpaired) electrons. The van der Waals surface area contributed by atoms with Crippen LogP contribution in [0.4, 0.5) is 5.69 Å². The van der Waals surface area contributed by atoms with Gasteiger partial charge in [0, 0.05) is 17.3 Å². The third kappa shape index (κ3) is 4.95. The molecule has 0 bridgehead atoms. The van der Waals surface area contributed by atoms with Gasteiger partial charge in [0.25, 0.3) is 0 Å². The van der Waals surface area contributed by atoms with Crippen LogP contribution >= 0.6 is 0 Å². The molecule has 3 aromatic rings. The Morgan fingerprint density at radius 3 is 2.24 bits per heavy atom. The first-order valence-corrected chi connectivity index (χ1v) is 14.4. The van der Waals surface area contributed by atoms with Crippen LogP contribution in [0.25, 0.3) is 22.4 Å². The zero-order chi connectivity index (χ0) is 28.3. The predicted octanol–water partition coefficient (Wildman–Crippen LogP) is 6.18. The first kappa shape index (κ1) is 27.8. The highest BCUT2D eigenvalue weighted by molar-refractivity contribution is 7.92. The molecule has 8 heteroatoms. The molecule has 2 heterocycles. The number of aryl methyl sites for hydroxylation is 3. The van der Waals surface area contributed by atoms with Crippen LogP contribution in [0, 0.1) is 34.6 Å². The van der Waals surface area contributed by atoms with Gasteiger partial charge in [-0.15, -0.1) is 0 Å². The molecule has 7 nitrogen and oxygen atoms in total. The van der Waals surface area contributed by atoms with Crippen molar-refractivity contribution >= 4 is 21.7 Å². The molecule has 0 amide bonds. The Kier molecular flexibility index (Phi) is 6.95. The number of ether oxygens (including phenoxy) is 1. The number of sulfonamides is 1. The number of nitrogens with zero attached hydrogens (tertiary/aromatic N) is 2. The molecule has 0 saturated heterocycles. The maximum atomic E-state index is 13.2. The van der Waals surface area contributed by atoms with Crippen molar-refractivity contribution in [1.82, 2.24) is 4.98 Å². The van der Waals surface area contributed by atoms with Gasteiger partial charge in [-0.3, -0.25) is 9.29 Å². The van der Waals surface area contributed by atoms with Gasteiger partial charge < -0.3 is 9.84 Å². The fourth-order valence-corrected chi connectivity index (χ4v) is 6.39. The van der Waals surface area contributed by atoms with E-state index < -0.39 is 27.7 Å². The highest BCUT2D eigenvalue weighted by Crippen LogP contribution is 2.51. The van der Waals surface area contributed by atoms with E-state index in [1.807, 2.05) is 66.7 Å². The zero-order valence-corrected chi connectivity index (χ0v) is 24.4. The monoisotopic (exact) mass is 536 g/mol. The lowest BCUT2D eigenvalue weighted by Crippen LogP contribution is -2.35. The molecule has 202 valence electrons. The Hall–Kier alpha value is -3.23. The van der Waals surface area contributed by atoms with Crippen LogP contribution in [0.3, 0.4) is 0 Å². The average Bonchev–Trinajstić information content (AvgIpc) is 2.78. The Morgan fingerprint density at radius 1 is 1.03 bits per heavy atom. The molecule has 1 aromatic heterocycles. The molecule has 0 saturated carbocycles. The number of carboxylic acids is 1. The quantitative estimate of drug-likeness (QED) is 0.418. The molecule has 0 spiro atoms. The van der Waals surface area contributed by atoms with E-state index >= 15 is 0 Å². The first-order valence-electron chi connectivity index (χ1n) is 12.6. The minimum atomic E-state index is -3.71. The average molecular weight is 537 g/mol. The number of carboxylic acid groups (broad SMARTS) is 1. The summed E-state index contributed by atoms with van der Waals surface area (Å²) in [5.41, 5.74) is 8.33. The Balaban J connectivity index is 2.24. The van der Waals surface area contributed by atoms with Gasteiger partial charge in [0.05, 0.1) is 29.8 Å². The minimum absolute atomic E-state index is 0.121. The standard InChI is InChI=1S/C30H36N2O5S/c1-16-10-11-22(18(3)12-16)23-19(4)25-26-21(13-17(2)14-31-26)15-32(38(9,35)36)27(25)20(5)24(23)28(29(33)34)37-30(6,7)8/h10-14,28H,15H2,1-9H3,(H,33,34)/t28-/m0/s1. The molecular weight excluding hydrogens is 500 g/mol. The number of fused-ring (bicyclic) bond motifs is 3. The maximum absolute atomic E-state index is 13.2. The molecule has 0 aliphatic carbocycles. The lowest BCUT2D eigenvalue weighted by molar-refractivity contribution is -0.160. The summed E-state index contributed by atoms with van der Waals surface area (Å²) in [5, 5.41) is 10.4. The third-order valence-corrected chi connectivity index (χ3v) is 8.04. The van der Waals surface area contributed by atoms with E-state index in [2.05, 4.69) is 6.07 Å². The summed E-state index contributed by atoms with van der Waals surface area (Å²) in [5.74, 6) is -1.13. The molecule has 2 aromatic carbocycles. The smallest absolute Gasteiger partial charge is 0.337 e. The van der Waals surface area contributed by atoms with Gasteiger partial charge in [-0.2, -0.15) is 0 Å². The van der Waals surface area contributed by atoms with Crippen LogP contribution in [0.1, 0.15) is 65.8 Å². The van der Waals surface area contributed by atoms with Crippen molar-refractivity contribution < 1.29 is 23.1 Å². The van der Waals surface area contributed by atoms with E-state index in [4.69, 9.17) is 9.72 Å². The van der Waals surface area contributed by atoms with E-state index in [-0.39, 0.29) is 6.54 Å². The topological polar surface area (TPSA) is 96.8 Å². The number of aliphatic carboxylic acids is 1. The number of pyridine rings is 1. The van der Waals surface area contributed by atoms with Crippen LogP contribution in [-0.4, -0.2) is 36.3 Å². The van der Waals surface area contributed by atoms with Crippen molar-refractivity contribution in [2.75, 3.05) is 10.6 Å². The predicted molar refractivity (Wildman–Crippen MR) is 151 cm³/mol. The van der Waals surface area contributed by atoms with Crippen molar-refractivity contribution in [2.45, 2.75) is 73.6 Å². The van der Waals surface area contributed by atoms with Crippen LogP contribution in [-0.2, 0) is 26.1 Å². The first-order chi connectivity index (χ1) is 17.5. The summed E-state index contributed by atoms with van der Waals surface area (Å²) < 4.78 is 33.8. The number of benzene rings is 2. The van der Waals surface area contributed by atoms with E-state index in [1.165, 1.54) is 10.6 Å². The number of anilines is 1. The van der Waals surface area contributed by atoms with E-state index in [0.717, 1.165) is 38.9 Å². The van der Waals surface area contributed by atoms with Gasteiger partial charge in [0.1, 0.15) is 0 Å². The van der Waals surface area contributed by atoms with E-state index in [1.54, 1.807) is 13.1 Å². The fourth-order valence-electron chi connectivity index (χ4n) is 5.46. The zero-order valence-electron chi connectivity index (χ0n) is 23.6. The number of carbonyl (C=O) groups is 1. The lowest BCUT2D eigenvalue weighted by atomic mass is 9.80. The van der Waals surface area contributed by atoms with Crippen molar-refractivity contribution in [1.29, 1.82) is 0 Å². The van der Waals surface area contributed by atoms with E-state index in [0.29, 0.717) is 28.1 Å². The molecule has 1 atom stereocenters. The Bertz CT molecular complexity index is 1570. The van der Waals surface area contributed by atoms with Gasteiger partial charge >= 0.3 is 5.97 Å². The molecule has 1 N–H and O–H groups in total. The number of hydrogen-bond donors (Lipinski definition) is 1. The fraction of sp³-hybridized carbons (Fsp3) is 0.400. The summed E-state index contributed by atoms with van der Waals surface area (Å²) in [6.07, 6.45) is 1.64. The Labute approximate surface area is 225 Å². The second kappa shape index (κ2) is 9.50. The number of aromatic nitrogens is 1. The van der Waals surface area contributed by atoms with Crippen LogP contribution in [0.5, 0.6) is 0 Å². The van der Waals surface area contributed by atoms with Crippen molar-refractivity contribution in [3.05, 3.63) is 69.4 Å². The van der Waals surface area contributed by atoms with Crippen molar-refractivity contribution in [3.8, 4) is 22.4 Å². The molecule has 4 rings (SSSR count). The number of hydrogen-bond acceptors (Lipinski definition) is 5. The molecule has 0 fully saturated rings. The summed E-state index contributed by atoms with van der Waals surface area (Å²) in [6, 6.07) is 8.02. The second-order valence-electron chi connectivity index (χ2n) is 11.3. The summed E-state index contributed by atoms with van der Waals surface area (Å²) in [4.78, 5) is 17.5. The summed E-state index contributed by atoms with van der Waals surface area (Å²) >= 11 is 0. The largest absolute Gasteiger partial charge is 0.479 e. The molecule has 1 aliphatic heterocycles. The van der Waals surface area contributed by atoms with Gasteiger partial charge in [-0.05, 0) is 94.3 Å². The lowest BCUT2D eigenvalue weighted by Gasteiger charge is -2.37. The van der Waals surface area contributed by atoms with Crippen LogP contribution in [0.2, 0.25) is 0 Å². The SMILES string of the molecule is Cc1ccc(-c2c(C)c3c(c(C)c2[C@H](OC(C)(C)C)C(=O)O)N(S(C)(=O)=O)Cc2cc(C)cnc2-3)c(C)c1. The summed E-state index contributed by atoms with van der Waals surface area (Å²) in [6.45, 7) is 15.2. The normalized spacial score (nSPS) is 14.2. The molecule has 0 unspecified atom stereocenters. The van der Waals surface area contributed by atoms with Gasteiger partial charge in [-0.25, -0.2) is 13.2 Å². The Morgan fingerprint density at radius 2 is 1.68 bits per heavy atom. The van der Waals surface area contributed by atoms with Gasteiger partial charge in [0.2, 0.25) is 10.0 Å². The molecule has 1 aliphatic rings. The highest BCUT2D eigenvalue weighted by Gasteiger charge is 2.39. The summed E-state index contributed by atoms with van der Waals surface area (Å²) in [7, 11) is -3.71. The third-order valence-electron chi connectivity index (χ3n) is 6.93.